The Hall–Kier alpha value is -1.45. The smallest absolute Gasteiger partial charge is 0.261 e. The summed E-state index contributed by atoms with van der Waals surface area (Å²) in [5.41, 5.74) is 2.26. The van der Waals surface area contributed by atoms with Crippen LogP contribution < -0.4 is 4.72 Å². The summed E-state index contributed by atoms with van der Waals surface area (Å²) in [5.74, 6) is 0. The third-order valence-electron chi connectivity index (χ3n) is 3.15. The predicted octanol–water partition coefficient (Wildman–Crippen LogP) is 4.52. The van der Waals surface area contributed by atoms with Crippen molar-refractivity contribution in [2.24, 2.45) is 0 Å². The molecule has 3 rings (SSSR count). The van der Waals surface area contributed by atoms with E-state index in [1.54, 1.807) is 47.7 Å². The fourth-order valence-corrected chi connectivity index (χ4v) is 4.10. The minimum Gasteiger partial charge on any atom is -0.280 e. The maximum atomic E-state index is 12.4. The molecular weight excluding hydrogens is 443 g/mol. The number of benzene rings is 2. The van der Waals surface area contributed by atoms with Gasteiger partial charge in [-0.1, -0.05) is 12.1 Å². The Morgan fingerprint density at radius 2 is 1.87 bits per heavy atom. The zero-order chi connectivity index (χ0) is 16.4. The monoisotopic (exact) mass is 456 g/mol. The maximum Gasteiger partial charge on any atom is 0.261 e. The van der Waals surface area contributed by atoms with Gasteiger partial charge in [0.1, 0.15) is 0 Å². The molecule has 1 N–H and O–H groups in total. The number of anilines is 1. The van der Waals surface area contributed by atoms with Crippen molar-refractivity contribution in [2.45, 2.75) is 11.8 Å². The number of halogens is 1. The van der Waals surface area contributed by atoms with E-state index >= 15 is 0 Å². The molecule has 0 bridgehead atoms. The Kier molecular flexibility index (Phi) is 4.69. The van der Waals surface area contributed by atoms with Crippen molar-refractivity contribution in [3.8, 4) is 11.3 Å². The van der Waals surface area contributed by atoms with E-state index in [1.165, 1.54) is 0 Å². The van der Waals surface area contributed by atoms with Gasteiger partial charge in [-0.3, -0.25) is 4.72 Å². The zero-order valence-corrected chi connectivity index (χ0v) is 15.9. The van der Waals surface area contributed by atoms with E-state index in [0.29, 0.717) is 5.69 Å². The summed E-state index contributed by atoms with van der Waals surface area (Å²) in [6, 6.07) is 14.0. The van der Waals surface area contributed by atoms with Crippen LogP contribution in [0.25, 0.3) is 11.3 Å². The van der Waals surface area contributed by atoms with Crippen LogP contribution in [-0.2, 0) is 10.0 Å². The Balaban J connectivity index is 1.89. The van der Waals surface area contributed by atoms with Gasteiger partial charge in [-0.25, -0.2) is 13.4 Å². The molecule has 4 nitrogen and oxygen atoms in total. The number of thiazole rings is 1. The minimum atomic E-state index is -3.59. The normalized spacial score (nSPS) is 11.4. The zero-order valence-electron chi connectivity index (χ0n) is 12.2. The number of nitrogens with one attached hydrogen (secondary N) is 1. The van der Waals surface area contributed by atoms with E-state index in [9.17, 15) is 8.42 Å². The van der Waals surface area contributed by atoms with Gasteiger partial charge in [0.15, 0.2) is 0 Å². The first kappa shape index (κ1) is 16.4. The third-order valence-corrected chi connectivity index (χ3v) is 6.04. The number of hydrogen-bond donors (Lipinski definition) is 1. The lowest BCUT2D eigenvalue weighted by Crippen LogP contribution is -2.12. The number of aryl methyl sites for hydroxylation is 1. The van der Waals surface area contributed by atoms with Crippen LogP contribution in [-0.4, -0.2) is 13.4 Å². The number of hydrogen-bond acceptors (Lipinski definition) is 4. The molecule has 3 aromatic rings. The van der Waals surface area contributed by atoms with Crippen LogP contribution >= 0.6 is 33.9 Å². The van der Waals surface area contributed by atoms with Crippen LogP contribution in [0.2, 0.25) is 0 Å². The quantitative estimate of drug-likeness (QED) is 0.588. The second-order valence-electron chi connectivity index (χ2n) is 4.89. The molecule has 0 radical (unpaired) electrons. The summed E-state index contributed by atoms with van der Waals surface area (Å²) in [5, 5.41) is 2.94. The summed E-state index contributed by atoms with van der Waals surface area (Å²) in [6.45, 7) is 1.94. The largest absolute Gasteiger partial charge is 0.280 e. The van der Waals surface area contributed by atoms with Gasteiger partial charge in [0.2, 0.25) is 0 Å². The first-order valence-corrected chi connectivity index (χ1v) is 10.2. The Bertz CT molecular complexity index is 935. The van der Waals surface area contributed by atoms with Gasteiger partial charge >= 0.3 is 0 Å². The average molecular weight is 456 g/mol. The molecule has 0 aliphatic heterocycles. The minimum absolute atomic E-state index is 0.243. The van der Waals surface area contributed by atoms with Gasteiger partial charge in [0, 0.05) is 20.2 Å². The van der Waals surface area contributed by atoms with Crippen LogP contribution in [0.5, 0.6) is 0 Å². The molecular formula is C16H13IN2O2S2. The first-order chi connectivity index (χ1) is 10.9. The molecule has 1 aromatic heterocycles. The van der Waals surface area contributed by atoms with E-state index < -0.39 is 10.0 Å². The van der Waals surface area contributed by atoms with Crippen molar-refractivity contribution in [3.63, 3.8) is 0 Å². The molecule has 0 unspecified atom stereocenters. The Labute approximate surface area is 152 Å². The molecule has 23 heavy (non-hydrogen) atoms. The average Bonchev–Trinajstić information content (AvgIpc) is 2.94. The summed E-state index contributed by atoms with van der Waals surface area (Å²) < 4.78 is 28.5. The summed E-state index contributed by atoms with van der Waals surface area (Å²) in [7, 11) is -3.59. The summed E-state index contributed by atoms with van der Waals surface area (Å²) >= 11 is 3.71. The highest BCUT2D eigenvalue weighted by Crippen LogP contribution is 2.25. The topological polar surface area (TPSA) is 59.1 Å². The van der Waals surface area contributed by atoms with E-state index in [2.05, 4.69) is 32.3 Å². The fourth-order valence-electron chi connectivity index (χ4n) is 2.07. The second kappa shape index (κ2) is 6.58. The lowest BCUT2D eigenvalue weighted by Gasteiger charge is -2.09. The van der Waals surface area contributed by atoms with Crippen molar-refractivity contribution in [1.82, 2.24) is 4.98 Å². The molecule has 0 fully saturated rings. The molecule has 7 heteroatoms. The molecule has 0 aliphatic carbocycles. The molecule has 0 saturated carbocycles. The van der Waals surface area contributed by atoms with Gasteiger partial charge in [-0.2, -0.15) is 0 Å². The van der Waals surface area contributed by atoms with Crippen LogP contribution in [0.4, 0.5) is 5.69 Å². The predicted molar refractivity (Wildman–Crippen MR) is 102 cm³/mol. The first-order valence-electron chi connectivity index (χ1n) is 6.75. The van der Waals surface area contributed by atoms with Crippen molar-refractivity contribution < 1.29 is 8.42 Å². The summed E-state index contributed by atoms with van der Waals surface area (Å²) in [6.07, 6.45) is 0. The molecule has 0 saturated heterocycles. The molecule has 0 atom stereocenters. The maximum absolute atomic E-state index is 12.4. The van der Waals surface area contributed by atoms with Crippen molar-refractivity contribution in [3.05, 3.63) is 62.5 Å². The number of sulfonamides is 1. The van der Waals surface area contributed by atoms with Gasteiger partial charge < -0.3 is 0 Å². The highest BCUT2D eigenvalue weighted by molar-refractivity contribution is 14.1. The highest BCUT2D eigenvalue weighted by Gasteiger charge is 2.14. The molecule has 0 spiro atoms. The molecule has 1 heterocycles. The Morgan fingerprint density at radius 3 is 2.52 bits per heavy atom. The van der Waals surface area contributed by atoms with Gasteiger partial charge in [0.05, 0.1) is 15.6 Å². The van der Waals surface area contributed by atoms with Crippen LogP contribution in [0, 0.1) is 10.5 Å². The summed E-state index contributed by atoms with van der Waals surface area (Å²) in [4.78, 5) is 4.67. The van der Waals surface area contributed by atoms with E-state index in [4.69, 9.17) is 0 Å². The number of rotatable bonds is 4. The van der Waals surface area contributed by atoms with E-state index in [0.717, 1.165) is 19.8 Å². The number of nitrogens with zero attached hydrogens (tertiary/aromatic N) is 1. The van der Waals surface area contributed by atoms with Crippen LogP contribution in [0.1, 0.15) is 5.01 Å². The lowest BCUT2D eigenvalue weighted by atomic mass is 10.1. The third kappa shape index (κ3) is 3.91. The highest BCUT2D eigenvalue weighted by atomic mass is 127. The molecule has 2 aromatic carbocycles. The van der Waals surface area contributed by atoms with E-state index in [-0.39, 0.29) is 4.90 Å². The van der Waals surface area contributed by atoms with Gasteiger partial charge in [0.25, 0.3) is 10.0 Å². The Morgan fingerprint density at radius 1 is 1.13 bits per heavy atom. The molecule has 0 amide bonds. The standard InChI is InChI=1S/C16H13IN2O2S2/c1-11-18-16(10-22-11)12-3-2-4-14(9-12)19-23(20,21)15-7-5-13(17)6-8-15/h2-10,19H,1H3. The molecule has 118 valence electrons. The SMILES string of the molecule is Cc1nc(-c2cccc(NS(=O)(=O)c3ccc(I)cc3)c2)cs1. The van der Waals surface area contributed by atoms with Crippen molar-refractivity contribution in [2.75, 3.05) is 4.72 Å². The van der Waals surface area contributed by atoms with Crippen molar-refractivity contribution >= 4 is 49.6 Å². The van der Waals surface area contributed by atoms with Crippen molar-refractivity contribution in [1.29, 1.82) is 0 Å². The van der Waals surface area contributed by atoms with Gasteiger partial charge in [-0.05, 0) is 65.9 Å². The van der Waals surface area contributed by atoms with Gasteiger partial charge in [-0.15, -0.1) is 11.3 Å². The molecule has 0 aliphatic rings. The van der Waals surface area contributed by atoms with Crippen LogP contribution in [0.15, 0.2) is 58.8 Å². The second-order valence-corrected chi connectivity index (χ2v) is 8.88. The fraction of sp³-hybridized carbons (Fsp3) is 0.0625. The lowest BCUT2D eigenvalue weighted by molar-refractivity contribution is 0.601. The number of aromatic nitrogens is 1. The van der Waals surface area contributed by atoms with E-state index in [1.807, 2.05) is 24.4 Å². The van der Waals surface area contributed by atoms with Crippen LogP contribution in [0.3, 0.4) is 0 Å².